The number of nitrogens with two attached hydrogens (primary N) is 1. The highest BCUT2D eigenvalue weighted by Crippen LogP contribution is 2.06. The molecule has 0 aromatic carbocycles. The van der Waals surface area contributed by atoms with Gasteiger partial charge in [0.25, 0.3) is 0 Å². The Bertz CT molecular complexity index is 629. The van der Waals surface area contributed by atoms with Crippen molar-refractivity contribution in [1.82, 2.24) is 30.3 Å². The van der Waals surface area contributed by atoms with Gasteiger partial charge in [-0.1, -0.05) is 5.21 Å². The summed E-state index contributed by atoms with van der Waals surface area (Å²) in [4.78, 5) is 18.8. The summed E-state index contributed by atoms with van der Waals surface area (Å²) >= 11 is 0. The Morgan fingerprint density at radius 2 is 2.04 bits per heavy atom. The summed E-state index contributed by atoms with van der Waals surface area (Å²) in [6, 6.07) is 0. The van der Waals surface area contributed by atoms with Crippen molar-refractivity contribution in [2.45, 2.75) is 52.1 Å². The Morgan fingerprint density at radius 1 is 1.35 bits per heavy atom. The average Bonchev–Trinajstić information content (AvgIpc) is 2.97. The average molecular weight is 342 g/mol. The predicted octanol–water partition coefficient (Wildman–Crippen LogP) is 1.10. The van der Waals surface area contributed by atoms with Gasteiger partial charge in [-0.3, -0.25) is 4.79 Å². The van der Waals surface area contributed by atoms with Crippen LogP contribution in [-0.2, 0) is 24.2 Å². The van der Waals surface area contributed by atoms with E-state index in [-0.39, 0.29) is 30.4 Å². The highest BCUT2D eigenvalue weighted by atomic mass is 35.5. The molecule has 0 saturated carbocycles. The number of nitrogens with one attached hydrogen (secondary N) is 2. The summed E-state index contributed by atoms with van der Waals surface area (Å²) in [5.41, 5.74) is 7.09. The molecule has 2 heterocycles. The fourth-order valence-corrected chi connectivity index (χ4v) is 2.09. The number of hydrogen-bond donors (Lipinski definition) is 3. The molecule has 2 rings (SSSR count). The molecule has 9 heteroatoms. The first-order chi connectivity index (χ1) is 10.3. The maximum Gasteiger partial charge on any atom is 0.242 e. The Morgan fingerprint density at radius 3 is 2.65 bits per heavy atom. The van der Waals surface area contributed by atoms with E-state index >= 15 is 0 Å². The van der Waals surface area contributed by atoms with Crippen molar-refractivity contribution >= 4 is 24.3 Å². The lowest BCUT2D eigenvalue weighted by Gasteiger charge is -2.20. The van der Waals surface area contributed by atoms with Gasteiger partial charge in [0.1, 0.15) is 6.54 Å². The van der Waals surface area contributed by atoms with Gasteiger partial charge in [-0.15, -0.1) is 17.5 Å². The molecule has 8 nitrogen and oxygen atoms in total. The fraction of sp³-hybridized carbons (Fsp3) is 0.571. The number of anilines is 1. The molecule has 2 aromatic rings. The van der Waals surface area contributed by atoms with Gasteiger partial charge in [0, 0.05) is 17.9 Å². The number of rotatable bonds is 6. The summed E-state index contributed by atoms with van der Waals surface area (Å²) in [5, 5.41) is 11.0. The minimum absolute atomic E-state index is 0. The quantitative estimate of drug-likeness (QED) is 0.727. The van der Waals surface area contributed by atoms with Crippen LogP contribution in [0.15, 0.2) is 12.4 Å². The first kappa shape index (κ1) is 19.0. The van der Waals surface area contributed by atoms with Crippen molar-refractivity contribution < 1.29 is 4.79 Å². The standard InChI is InChI=1S/C14H23N7O.ClH/c1-14(2,3)18-12(22)9-21-8-11(19-20-21)6-4-5-10-7-16-13(15)17-10;/h7-8H,4-6,9H2,1-3H3,(H,18,22)(H3,15,16,17);1H. The smallest absolute Gasteiger partial charge is 0.242 e. The Kier molecular flexibility index (Phi) is 6.56. The Balaban J connectivity index is 0.00000264. The van der Waals surface area contributed by atoms with E-state index in [1.165, 1.54) is 0 Å². The van der Waals surface area contributed by atoms with E-state index < -0.39 is 0 Å². The molecule has 0 spiro atoms. The van der Waals surface area contributed by atoms with Crippen LogP contribution in [0.2, 0.25) is 0 Å². The molecule has 4 N–H and O–H groups in total. The van der Waals surface area contributed by atoms with Gasteiger partial charge < -0.3 is 16.0 Å². The van der Waals surface area contributed by atoms with Crippen LogP contribution in [-0.4, -0.2) is 36.4 Å². The largest absolute Gasteiger partial charge is 0.369 e. The summed E-state index contributed by atoms with van der Waals surface area (Å²) in [6.45, 7) is 6.01. The molecule has 23 heavy (non-hydrogen) atoms. The van der Waals surface area contributed by atoms with E-state index in [1.807, 2.05) is 27.0 Å². The topological polar surface area (TPSA) is 115 Å². The number of carbonyl (C=O) groups excluding carboxylic acids is 1. The molecular formula is C14H24ClN7O. The number of nitrogens with zero attached hydrogens (tertiary/aromatic N) is 4. The van der Waals surface area contributed by atoms with Gasteiger partial charge >= 0.3 is 0 Å². The molecule has 0 bridgehead atoms. The first-order valence-corrected chi connectivity index (χ1v) is 7.31. The summed E-state index contributed by atoms with van der Waals surface area (Å²) in [7, 11) is 0. The van der Waals surface area contributed by atoms with Crippen LogP contribution >= 0.6 is 12.4 Å². The van der Waals surface area contributed by atoms with Crippen LogP contribution in [0.25, 0.3) is 0 Å². The molecule has 0 atom stereocenters. The van der Waals surface area contributed by atoms with Crippen LogP contribution in [0.3, 0.4) is 0 Å². The number of H-pyrrole nitrogens is 1. The predicted molar refractivity (Wildman–Crippen MR) is 90.2 cm³/mol. The van der Waals surface area contributed by atoms with Gasteiger partial charge in [0.15, 0.2) is 5.95 Å². The zero-order chi connectivity index (χ0) is 16.2. The second-order valence-corrected chi connectivity index (χ2v) is 6.34. The van der Waals surface area contributed by atoms with E-state index in [0.717, 1.165) is 30.7 Å². The molecule has 0 aliphatic heterocycles. The number of aromatic amines is 1. The number of halogens is 1. The highest BCUT2D eigenvalue weighted by molar-refractivity contribution is 5.85. The van der Waals surface area contributed by atoms with Crippen molar-refractivity contribution in [1.29, 1.82) is 0 Å². The lowest BCUT2D eigenvalue weighted by Crippen LogP contribution is -2.42. The fourth-order valence-electron chi connectivity index (χ4n) is 2.09. The molecular weight excluding hydrogens is 318 g/mol. The first-order valence-electron chi connectivity index (χ1n) is 7.31. The third-order valence-corrected chi connectivity index (χ3v) is 2.92. The SMILES string of the molecule is CC(C)(C)NC(=O)Cn1cc(CCCc2c[nH]c(N)n2)nn1.Cl. The van der Waals surface area contributed by atoms with Crippen molar-refractivity contribution in [2.75, 3.05) is 5.73 Å². The van der Waals surface area contributed by atoms with Crippen molar-refractivity contribution in [2.24, 2.45) is 0 Å². The van der Waals surface area contributed by atoms with E-state index in [0.29, 0.717) is 5.95 Å². The minimum Gasteiger partial charge on any atom is -0.369 e. The molecule has 1 amide bonds. The van der Waals surface area contributed by atoms with Crippen LogP contribution in [0.5, 0.6) is 0 Å². The lowest BCUT2D eigenvalue weighted by molar-refractivity contribution is -0.123. The summed E-state index contributed by atoms with van der Waals surface area (Å²) in [6.07, 6.45) is 6.13. The molecule has 2 aromatic heterocycles. The number of hydrogen-bond acceptors (Lipinski definition) is 5. The molecule has 0 unspecified atom stereocenters. The number of imidazole rings is 1. The summed E-state index contributed by atoms with van der Waals surface area (Å²) < 4.78 is 1.56. The van der Waals surface area contributed by atoms with E-state index in [9.17, 15) is 4.79 Å². The van der Waals surface area contributed by atoms with Gasteiger partial charge in [-0.05, 0) is 40.0 Å². The van der Waals surface area contributed by atoms with Crippen LogP contribution < -0.4 is 11.1 Å². The van der Waals surface area contributed by atoms with Gasteiger partial charge in [-0.2, -0.15) is 0 Å². The normalized spacial score (nSPS) is 11.1. The molecule has 0 aliphatic rings. The van der Waals surface area contributed by atoms with E-state index in [4.69, 9.17) is 5.73 Å². The summed E-state index contributed by atoms with van der Waals surface area (Å²) in [5.74, 6) is 0.363. The van der Waals surface area contributed by atoms with Gasteiger partial charge in [0.2, 0.25) is 5.91 Å². The molecule has 0 saturated heterocycles. The number of amides is 1. The van der Waals surface area contributed by atoms with Crippen LogP contribution in [0.4, 0.5) is 5.95 Å². The number of carbonyl (C=O) groups is 1. The highest BCUT2D eigenvalue weighted by Gasteiger charge is 2.14. The molecule has 0 aliphatic carbocycles. The number of aromatic nitrogens is 5. The third-order valence-electron chi connectivity index (χ3n) is 2.92. The molecule has 0 fully saturated rings. The number of aryl methyl sites for hydroxylation is 2. The molecule has 128 valence electrons. The second-order valence-electron chi connectivity index (χ2n) is 6.34. The van der Waals surface area contributed by atoms with Crippen molar-refractivity contribution in [3.63, 3.8) is 0 Å². The lowest BCUT2D eigenvalue weighted by atomic mass is 10.1. The maximum absolute atomic E-state index is 11.8. The number of nitrogen functional groups attached to an aromatic ring is 1. The third kappa shape index (κ3) is 6.68. The molecule has 0 radical (unpaired) electrons. The zero-order valence-electron chi connectivity index (χ0n) is 13.7. The van der Waals surface area contributed by atoms with Gasteiger partial charge in [-0.25, -0.2) is 9.67 Å². The minimum atomic E-state index is -0.244. The monoisotopic (exact) mass is 341 g/mol. The van der Waals surface area contributed by atoms with Crippen LogP contribution in [0.1, 0.15) is 38.6 Å². The maximum atomic E-state index is 11.8. The van der Waals surface area contributed by atoms with E-state index in [1.54, 1.807) is 10.9 Å². The van der Waals surface area contributed by atoms with Crippen molar-refractivity contribution in [3.8, 4) is 0 Å². The van der Waals surface area contributed by atoms with Crippen molar-refractivity contribution in [3.05, 3.63) is 23.8 Å². The van der Waals surface area contributed by atoms with E-state index in [2.05, 4.69) is 25.6 Å². The van der Waals surface area contributed by atoms with Gasteiger partial charge in [0.05, 0.1) is 11.4 Å². The zero-order valence-corrected chi connectivity index (χ0v) is 14.5. The Hall–Kier alpha value is -2.09. The Labute approximate surface area is 141 Å². The van der Waals surface area contributed by atoms with Crippen LogP contribution in [0, 0.1) is 0 Å². The second kappa shape index (κ2) is 7.96.